The van der Waals surface area contributed by atoms with Gasteiger partial charge in [-0.2, -0.15) is 0 Å². The van der Waals surface area contributed by atoms with Gasteiger partial charge < -0.3 is 0 Å². The van der Waals surface area contributed by atoms with Crippen LogP contribution in [-0.2, 0) is 0 Å². The molecule has 3 aromatic rings. The maximum atomic E-state index is 5.99. The van der Waals surface area contributed by atoms with Crippen molar-refractivity contribution in [2.24, 2.45) is 0 Å². The van der Waals surface area contributed by atoms with E-state index in [1.54, 1.807) is 11.3 Å². The van der Waals surface area contributed by atoms with E-state index < -0.39 is 0 Å². The van der Waals surface area contributed by atoms with Crippen LogP contribution in [0.1, 0.15) is 0 Å². The second kappa shape index (κ2) is 3.44. The number of benzene rings is 1. The van der Waals surface area contributed by atoms with Crippen LogP contribution >= 0.6 is 38.9 Å². The average Bonchev–Trinajstić information content (AvgIpc) is 2.57. The summed E-state index contributed by atoms with van der Waals surface area (Å²) < 4.78 is 3.25. The SMILES string of the molecule is Clc1nc2c(cc1Br)sc1ccccc12. The van der Waals surface area contributed by atoms with Gasteiger partial charge in [-0.25, -0.2) is 4.98 Å². The third kappa shape index (κ3) is 1.46. The fourth-order valence-electron chi connectivity index (χ4n) is 1.59. The average molecular weight is 299 g/mol. The molecule has 3 rings (SSSR count). The van der Waals surface area contributed by atoms with Crippen molar-refractivity contribution in [3.63, 3.8) is 0 Å². The first kappa shape index (κ1) is 9.58. The van der Waals surface area contributed by atoms with Gasteiger partial charge in [0.15, 0.2) is 0 Å². The highest BCUT2D eigenvalue weighted by Crippen LogP contribution is 2.35. The topological polar surface area (TPSA) is 12.9 Å². The minimum Gasteiger partial charge on any atom is -0.233 e. The Bertz CT molecular complexity index is 662. The fraction of sp³-hybridized carbons (Fsp3) is 0. The minimum absolute atomic E-state index is 0.519. The third-order valence-corrected chi connectivity index (χ3v) is 4.49. The molecule has 0 atom stereocenters. The lowest BCUT2D eigenvalue weighted by atomic mass is 10.2. The van der Waals surface area contributed by atoms with Gasteiger partial charge in [0.25, 0.3) is 0 Å². The highest BCUT2D eigenvalue weighted by atomic mass is 79.9. The van der Waals surface area contributed by atoms with Crippen LogP contribution < -0.4 is 0 Å². The van der Waals surface area contributed by atoms with Crippen LogP contribution in [0.5, 0.6) is 0 Å². The van der Waals surface area contributed by atoms with Crippen LogP contribution in [0, 0.1) is 0 Å². The van der Waals surface area contributed by atoms with Crippen LogP contribution in [0.2, 0.25) is 5.15 Å². The molecule has 0 aliphatic heterocycles. The summed E-state index contributed by atoms with van der Waals surface area (Å²) in [5.74, 6) is 0. The van der Waals surface area contributed by atoms with Gasteiger partial charge >= 0.3 is 0 Å². The summed E-state index contributed by atoms with van der Waals surface area (Å²) in [6.45, 7) is 0. The molecule has 0 bridgehead atoms. The first-order valence-electron chi connectivity index (χ1n) is 4.39. The summed E-state index contributed by atoms with van der Waals surface area (Å²) in [4.78, 5) is 4.39. The van der Waals surface area contributed by atoms with E-state index in [-0.39, 0.29) is 0 Å². The lowest BCUT2D eigenvalue weighted by Gasteiger charge is -1.95. The molecular formula is C11H5BrClNS. The number of hydrogen-bond acceptors (Lipinski definition) is 2. The Hall–Kier alpha value is -0.640. The molecular weight excluding hydrogens is 294 g/mol. The largest absolute Gasteiger partial charge is 0.233 e. The smallest absolute Gasteiger partial charge is 0.144 e. The van der Waals surface area contributed by atoms with E-state index in [4.69, 9.17) is 11.6 Å². The predicted molar refractivity (Wildman–Crippen MR) is 69.8 cm³/mol. The summed E-state index contributed by atoms with van der Waals surface area (Å²) in [5.41, 5.74) is 0.990. The van der Waals surface area contributed by atoms with E-state index in [0.717, 1.165) is 14.7 Å². The van der Waals surface area contributed by atoms with Crippen LogP contribution in [0.3, 0.4) is 0 Å². The standard InChI is InChI=1S/C11H5BrClNS/c12-7-5-9-10(14-11(7)13)6-3-1-2-4-8(6)15-9/h1-5H. The highest BCUT2D eigenvalue weighted by Gasteiger charge is 2.08. The van der Waals surface area contributed by atoms with Crippen molar-refractivity contribution in [1.82, 2.24) is 4.98 Å². The summed E-state index contributed by atoms with van der Waals surface area (Å²) >= 11 is 11.1. The lowest BCUT2D eigenvalue weighted by Crippen LogP contribution is -1.77. The molecule has 0 unspecified atom stereocenters. The number of nitrogens with zero attached hydrogens (tertiary/aromatic N) is 1. The van der Waals surface area contributed by atoms with Crippen molar-refractivity contribution in [3.8, 4) is 0 Å². The highest BCUT2D eigenvalue weighted by molar-refractivity contribution is 9.10. The maximum absolute atomic E-state index is 5.99. The number of aromatic nitrogens is 1. The zero-order valence-corrected chi connectivity index (χ0v) is 10.7. The fourth-order valence-corrected chi connectivity index (χ4v) is 3.29. The van der Waals surface area contributed by atoms with Gasteiger partial charge in [-0.15, -0.1) is 11.3 Å². The Morgan fingerprint density at radius 3 is 2.87 bits per heavy atom. The van der Waals surface area contributed by atoms with Gasteiger partial charge in [0, 0.05) is 10.1 Å². The summed E-state index contributed by atoms with van der Waals surface area (Å²) in [6, 6.07) is 10.3. The Labute approximate surface area is 104 Å². The second-order valence-electron chi connectivity index (χ2n) is 3.21. The molecule has 2 heterocycles. The minimum atomic E-state index is 0.519. The van der Waals surface area contributed by atoms with Crippen molar-refractivity contribution in [1.29, 1.82) is 0 Å². The Balaban J connectivity index is 2.56. The normalized spacial score (nSPS) is 11.3. The molecule has 0 N–H and O–H groups in total. The molecule has 0 spiro atoms. The molecule has 74 valence electrons. The van der Waals surface area contributed by atoms with E-state index in [2.05, 4.69) is 33.0 Å². The molecule has 0 aliphatic rings. The van der Waals surface area contributed by atoms with Crippen molar-refractivity contribution in [2.75, 3.05) is 0 Å². The van der Waals surface area contributed by atoms with Gasteiger partial charge in [0.1, 0.15) is 5.15 Å². The molecule has 1 aromatic carbocycles. The molecule has 0 saturated carbocycles. The van der Waals surface area contributed by atoms with Crippen LogP contribution in [0.15, 0.2) is 34.8 Å². The zero-order chi connectivity index (χ0) is 10.4. The molecule has 4 heteroatoms. The van der Waals surface area contributed by atoms with E-state index in [1.165, 1.54) is 10.1 Å². The van der Waals surface area contributed by atoms with Gasteiger partial charge in [-0.1, -0.05) is 29.8 Å². The number of thiophene rings is 1. The molecule has 1 nitrogen and oxygen atoms in total. The molecule has 0 saturated heterocycles. The molecule has 15 heavy (non-hydrogen) atoms. The molecule has 2 aromatic heterocycles. The van der Waals surface area contributed by atoms with Crippen molar-refractivity contribution in [2.45, 2.75) is 0 Å². The number of hydrogen-bond donors (Lipinski definition) is 0. The van der Waals surface area contributed by atoms with Crippen LogP contribution in [0.4, 0.5) is 0 Å². The Kier molecular flexibility index (Phi) is 2.20. The Morgan fingerprint density at radius 1 is 1.20 bits per heavy atom. The predicted octanol–water partition coefficient (Wildman–Crippen LogP) is 4.87. The quantitative estimate of drug-likeness (QED) is 0.540. The molecule has 0 radical (unpaired) electrons. The molecule has 0 fully saturated rings. The van der Waals surface area contributed by atoms with E-state index in [1.807, 2.05) is 18.2 Å². The summed E-state index contributed by atoms with van der Waals surface area (Å²) in [7, 11) is 0. The Morgan fingerprint density at radius 2 is 2.00 bits per heavy atom. The maximum Gasteiger partial charge on any atom is 0.144 e. The first-order chi connectivity index (χ1) is 7.25. The molecule has 0 aliphatic carbocycles. The van der Waals surface area contributed by atoms with Gasteiger partial charge in [-0.05, 0) is 28.1 Å². The third-order valence-electron chi connectivity index (χ3n) is 2.26. The van der Waals surface area contributed by atoms with Gasteiger partial charge in [0.05, 0.1) is 14.7 Å². The van der Waals surface area contributed by atoms with E-state index >= 15 is 0 Å². The van der Waals surface area contributed by atoms with Crippen molar-refractivity contribution in [3.05, 3.63) is 40.0 Å². The van der Waals surface area contributed by atoms with Crippen LogP contribution in [-0.4, -0.2) is 4.98 Å². The number of pyridine rings is 1. The second-order valence-corrected chi connectivity index (χ2v) is 5.50. The first-order valence-corrected chi connectivity index (χ1v) is 6.38. The van der Waals surface area contributed by atoms with E-state index in [0.29, 0.717) is 5.15 Å². The van der Waals surface area contributed by atoms with E-state index in [9.17, 15) is 0 Å². The summed E-state index contributed by atoms with van der Waals surface area (Å²) in [5, 5.41) is 1.69. The van der Waals surface area contributed by atoms with Crippen LogP contribution in [0.25, 0.3) is 20.3 Å². The lowest BCUT2D eigenvalue weighted by molar-refractivity contribution is 1.41. The monoisotopic (exact) mass is 297 g/mol. The number of halogens is 2. The number of rotatable bonds is 0. The van der Waals surface area contributed by atoms with Gasteiger partial charge in [0.2, 0.25) is 0 Å². The zero-order valence-electron chi connectivity index (χ0n) is 7.50. The van der Waals surface area contributed by atoms with Crippen molar-refractivity contribution < 1.29 is 0 Å². The van der Waals surface area contributed by atoms with Gasteiger partial charge in [-0.3, -0.25) is 0 Å². The summed E-state index contributed by atoms with van der Waals surface area (Å²) in [6.07, 6.45) is 0. The van der Waals surface area contributed by atoms with Crippen molar-refractivity contribution >= 4 is 59.2 Å². The number of fused-ring (bicyclic) bond motifs is 3. The molecule has 0 amide bonds.